The summed E-state index contributed by atoms with van der Waals surface area (Å²) in [6.07, 6.45) is 3.56. The minimum Gasteiger partial charge on any atom is -0.450 e. The van der Waals surface area contributed by atoms with Crippen molar-refractivity contribution >= 4 is 46.9 Å². The number of Topliss-reactive ketones (excluding diaryl/α,β-unsaturated/α-hetero) is 1. The Kier molecular flexibility index (Phi) is 9.31. The molecular formula is C27H34ClN5O7. The van der Waals surface area contributed by atoms with Gasteiger partial charge in [0, 0.05) is 23.0 Å². The van der Waals surface area contributed by atoms with Crippen molar-refractivity contribution in [3.8, 4) is 0 Å². The van der Waals surface area contributed by atoms with Crippen LogP contribution in [-0.4, -0.2) is 77.9 Å². The van der Waals surface area contributed by atoms with Crippen molar-refractivity contribution in [1.29, 1.82) is 0 Å². The smallest absolute Gasteiger partial charge is 0.407 e. The third kappa shape index (κ3) is 7.11. The number of ether oxygens (including phenoxy) is 1. The van der Waals surface area contributed by atoms with Crippen LogP contribution < -0.4 is 21.4 Å². The highest BCUT2D eigenvalue weighted by Gasteiger charge is 2.52. The highest BCUT2D eigenvalue weighted by Crippen LogP contribution is 2.37. The van der Waals surface area contributed by atoms with E-state index in [1.54, 1.807) is 31.2 Å². The van der Waals surface area contributed by atoms with Crippen molar-refractivity contribution in [2.24, 2.45) is 0 Å². The largest absolute Gasteiger partial charge is 0.450 e. The van der Waals surface area contributed by atoms with Crippen LogP contribution in [0.25, 0.3) is 5.70 Å². The van der Waals surface area contributed by atoms with Crippen LogP contribution in [-0.2, 0) is 28.8 Å². The standard InChI is InChI=1S/C27H34ClN5O7/c1-3-6-19(23(35)25(37)30-18-9-10-18)31-24(36)21-13-27(15-33(21)22(34)14-29-26(38)39-4-2)12-20(32-40-27)16-7-5-8-17(28)11-16/h5,7-8,11-12,18-19,21,32H,3-4,6,9-10,13-15H2,1-2H3,(H,29,38)(H,30,37)(H,31,36)/t19-,21-,27+/m0/s1. The lowest BCUT2D eigenvalue weighted by molar-refractivity contribution is -0.142. The van der Waals surface area contributed by atoms with Gasteiger partial charge < -0.3 is 25.6 Å². The number of hydrogen-bond donors (Lipinski definition) is 4. The van der Waals surface area contributed by atoms with Gasteiger partial charge in [0.25, 0.3) is 5.91 Å². The predicted molar refractivity (Wildman–Crippen MR) is 145 cm³/mol. The monoisotopic (exact) mass is 575 g/mol. The van der Waals surface area contributed by atoms with Crippen molar-refractivity contribution < 1.29 is 33.5 Å². The molecule has 4 rings (SSSR count). The van der Waals surface area contributed by atoms with Crippen LogP contribution in [0.15, 0.2) is 30.3 Å². The Morgan fingerprint density at radius 3 is 2.67 bits per heavy atom. The Hall–Kier alpha value is -3.64. The molecule has 1 spiro atoms. The van der Waals surface area contributed by atoms with Gasteiger partial charge in [-0.2, -0.15) is 0 Å². The van der Waals surface area contributed by atoms with Gasteiger partial charge in [-0.3, -0.25) is 29.5 Å². The molecule has 2 fully saturated rings. The summed E-state index contributed by atoms with van der Waals surface area (Å²) in [5, 5.41) is 8.27. The van der Waals surface area contributed by atoms with Crippen molar-refractivity contribution in [1.82, 2.24) is 26.3 Å². The average molecular weight is 576 g/mol. The molecule has 40 heavy (non-hydrogen) atoms. The van der Waals surface area contributed by atoms with Crippen molar-refractivity contribution in [3.63, 3.8) is 0 Å². The number of rotatable bonds is 11. The highest BCUT2D eigenvalue weighted by atomic mass is 35.5. The summed E-state index contributed by atoms with van der Waals surface area (Å²) in [4.78, 5) is 71.1. The number of nitrogens with zero attached hydrogens (tertiary/aromatic N) is 1. The van der Waals surface area contributed by atoms with Gasteiger partial charge in [0.15, 0.2) is 0 Å². The number of alkyl carbamates (subject to hydrolysis) is 1. The van der Waals surface area contributed by atoms with E-state index < -0.39 is 53.8 Å². The zero-order valence-corrected chi connectivity index (χ0v) is 23.2. The molecule has 0 radical (unpaired) electrons. The second-order valence-corrected chi connectivity index (χ2v) is 10.6. The number of likely N-dealkylation sites (tertiary alicyclic amines) is 1. The lowest BCUT2D eigenvalue weighted by atomic mass is 9.97. The normalized spacial score (nSPS) is 22.2. The molecule has 0 bridgehead atoms. The van der Waals surface area contributed by atoms with E-state index in [1.165, 1.54) is 4.90 Å². The van der Waals surface area contributed by atoms with E-state index >= 15 is 0 Å². The van der Waals surface area contributed by atoms with E-state index in [2.05, 4.69) is 21.4 Å². The Balaban J connectivity index is 1.53. The van der Waals surface area contributed by atoms with E-state index in [4.69, 9.17) is 21.2 Å². The number of hydroxylamine groups is 1. The molecule has 1 aromatic carbocycles. The fraction of sp³-hybridized carbons (Fsp3) is 0.519. The van der Waals surface area contributed by atoms with Crippen LogP contribution in [0.3, 0.4) is 0 Å². The van der Waals surface area contributed by atoms with Crippen molar-refractivity contribution in [2.45, 2.75) is 69.7 Å². The maximum atomic E-state index is 13.6. The molecule has 1 saturated heterocycles. The fourth-order valence-corrected chi connectivity index (χ4v) is 4.94. The number of ketones is 1. The number of halogens is 1. The molecule has 4 amide bonds. The van der Waals surface area contributed by atoms with Crippen LogP contribution in [0.4, 0.5) is 4.79 Å². The van der Waals surface area contributed by atoms with Gasteiger partial charge in [0.2, 0.25) is 17.6 Å². The van der Waals surface area contributed by atoms with Gasteiger partial charge in [-0.25, -0.2) is 4.79 Å². The maximum Gasteiger partial charge on any atom is 0.407 e. The Morgan fingerprint density at radius 2 is 2.00 bits per heavy atom. The molecule has 0 unspecified atom stereocenters. The van der Waals surface area contributed by atoms with E-state index in [1.807, 2.05) is 13.0 Å². The van der Waals surface area contributed by atoms with Gasteiger partial charge in [-0.1, -0.05) is 37.1 Å². The third-order valence-electron chi connectivity index (χ3n) is 6.89. The second kappa shape index (κ2) is 12.7. The molecule has 1 aromatic rings. The molecule has 216 valence electrons. The average Bonchev–Trinajstić information content (AvgIpc) is 3.52. The molecule has 12 nitrogen and oxygen atoms in total. The number of carbonyl (C=O) groups is 5. The van der Waals surface area contributed by atoms with E-state index in [0.717, 1.165) is 18.4 Å². The lowest BCUT2D eigenvalue weighted by Gasteiger charge is -2.26. The fourth-order valence-electron chi connectivity index (χ4n) is 4.75. The first-order valence-electron chi connectivity index (χ1n) is 13.4. The van der Waals surface area contributed by atoms with E-state index in [-0.39, 0.29) is 32.0 Å². The van der Waals surface area contributed by atoms with E-state index in [0.29, 0.717) is 17.1 Å². The minimum atomic E-state index is -1.06. The van der Waals surface area contributed by atoms with Crippen molar-refractivity contribution in [3.05, 3.63) is 40.9 Å². The van der Waals surface area contributed by atoms with Gasteiger partial charge in [-0.15, -0.1) is 0 Å². The number of carbonyl (C=O) groups excluding carboxylic acids is 5. The van der Waals surface area contributed by atoms with Gasteiger partial charge in [-0.05, 0) is 44.4 Å². The maximum absolute atomic E-state index is 13.6. The molecule has 1 aliphatic carbocycles. The molecule has 3 atom stereocenters. The van der Waals surface area contributed by atoms with Crippen molar-refractivity contribution in [2.75, 3.05) is 19.7 Å². The van der Waals surface area contributed by atoms with E-state index in [9.17, 15) is 24.0 Å². The first-order chi connectivity index (χ1) is 19.1. The topological polar surface area (TPSA) is 155 Å². The number of amides is 4. The molecule has 2 heterocycles. The zero-order valence-electron chi connectivity index (χ0n) is 22.5. The van der Waals surface area contributed by atoms with Gasteiger partial charge in [0.1, 0.15) is 18.2 Å². The van der Waals surface area contributed by atoms with Gasteiger partial charge in [0.05, 0.1) is 24.9 Å². The summed E-state index contributed by atoms with van der Waals surface area (Å²) < 4.78 is 4.82. The van der Waals surface area contributed by atoms with Crippen LogP contribution in [0.1, 0.15) is 51.5 Å². The highest BCUT2D eigenvalue weighted by molar-refractivity contribution is 6.38. The zero-order chi connectivity index (χ0) is 28.9. The summed E-state index contributed by atoms with van der Waals surface area (Å²) in [6, 6.07) is 5.04. The molecule has 1 saturated carbocycles. The Morgan fingerprint density at radius 1 is 1.23 bits per heavy atom. The lowest BCUT2D eigenvalue weighted by Crippen LogP contribution is -2.54. The predicted octanol–water partition coefficient (Wildman–Crippen LogP) is 1.43. The third-order valence-corrected chi connectivity index (χ3v) is 7.12. The molecular weight excluding hydrogens is 542 g/mol. The summed E-state index contributed by atoms with van der Waals surface area (Å²) in [5.74, 6) is -2.59. The van der Waals surface area contributed by atoms with Crippen LogP contribution >= 0.6 is 11.6 Å². The summed E-state index contributed by atoms with van der Waals surface area (Å²) in [7, 11) is 0. The molecule has 3 aliphatic rings. The SMILES string of the molecule is CCC[C@H](NC(=O)[C@@H]1C[C@]2(C=C(c3cccc(Cl)c3)NO2)CN1C(=O)CNC(=O)OCC)C(=O)C(=O)NC1CC1. The van der Waals surface area contributed by atoms with Crippen LogP contribution in [0, 0.1) is 0 Å². The number of nitrogens with one attached hydrogen (secondary N) is 4. The minimum absolute atomic E-state index is 0.0000477. The molecule has 2 aliphatic heterocycles. The Bertz CT molecular complexity index is 1200. The van der Waals surface area contributed by atoms with Crippen LogP contribution in [0.5, 0.6) is 0 Å². The molecule has 4 N–H and O–H groups in total. The second-order valence-electron chi connectivity index (χ2n) is 10.1. The van der Waals surface area contributed by atoms with Gasteiger partial charge >= 0.3 is 6.09 Å². The molecule has 0 aromatic heterocycles. The summed E-state index contributed by atoms with van der Waals surface area (Å²) in [6.45, 7) is 3.21. The van der Waals surface area contributed by atoms with Crippen LogP contribution in [0.2, 0.25) is 5.02 Å². The Labute approximate surface area is 237 Å². The first-order valence-corrected chi connectivity index (χ1v) is 13.8. The summed E-state index contributed by atoms with van der Waals surface area (Å²) in [5.41, 5.74) is 3.19. The molecule has 13 heteroatoms. The number of benzene rings is 1. The summed E-state index contributed by atoms with van der Waals surface area (Å²) >= 11 is 6.14. The quantitative estimate of drug-likeness (QED) is 0.289. The number of hydrogen-bond acceptors (Lipinski definition) is 8. The first kappa shape index (κ1) is 29.3.